The average molecular weight is 424 g/mol. The molecule has 0 saturated heterocycles. The van der Waals surface area contributed by atoms with E-state index in [0.717, 1.165) is 17.4 Å². The second-order valence-corrected chi connectivity index (χ2v) is 8.49. The Hall–Kier alpha value is -2.76. The van der Waals surface area contributed by atoms with Crippen LogP contribution in [0.4, 0.5) is 14.5 Å². The van der Waals surface area contributed by atoms with E-state index in [9.17, 15) is 22.0 Å². The van der Waals surface area contributed by atoms with Crippen molar-refractivity contribution in [1.29, 1.82) is 0 Å². The van der Waals surface area contributed by atoms with Gasteiger partial charge < -0.3 is 5.32 Å². The van der Waals surface area contributed by atoms with E-state index in [1.807, 2.05) is 0 Å². The van der Waals surface area contributed by atoms with Crippen LogP contribution in [0.15, 0.2) is 47.4 Å². The highest BCUT2D eigenvalue weighted by atomic mass is 32.2. The Labute approximate surface area is 163 Å². The smallest absolute Gasteiger partial charge is 0.286 e. The van der Waals surface area contributed by atoms with Crippen molar-refractivity contribution < 1.29 is 22.0 Å². The van der Waals surface area contributed by atoms with E-state index in [2.05, 4.69) is 20.2 Å². The number of hydrogen-bond donors (Lipinski definition) is 2. The first-order valence-electron chi connectivity index (χ1n) is 7.90. The zero-order chi connectivity index (χ0) is 20.3. The van der Waals surface area contributed by atoms with Gasteiger partial charge in [-0.2, -0.15) is 0 Å². The summed E-state index contributed by atoms with van der Waals surface area (Å²) in [5.74, 6) is -1.65. The SMILES string of the molecule is Cc1ccc(F)cc1S(=O)(=O)NCc1nnc(C(=O)Nc2ccc(F)cc2)s1. The van der Waals surface area contributed by atoms with Crippen LogP contribution in [0.25, 0.3) is 0 Å². The summed E-state index contributed by atoms with van der Waals surface area (Å²) in [4.78, 5) is 12.0. The Kier molecular flexibility index (Phi) is 5.77. The highest BCUT2D eigenvalue weighted by Gasteiger charge is 2.19. The maximum atomic E-state index is 13.4. The number of rotatable bonds is 6. The van der Waals surface area contributed by atoms with Gasteiger partial charge in [-0.3, -0.25) is 4.79 Å². The molecule has 7 nitrogen and oxygen atoms in total. The van der Waals surface area contributed by atoms with Crippen LogP contribution in [0.5, 0.6) is 0 Å². The highest BCUT2D eigenvalue weighted by Crippen LogP contribution is 2.18. The van der Waals surface area contributed by atoms with Crippen molar-refractivity contribution >= 4 is 33.0 Å². The van der Waals surface area contributed by atoms with Gasteiger partial charge in [0.25, 0.3) is 5.91 Å². The number of aryl methyl sites for hydroxylation is 1. The fourth-order valence-electron chi connectivity index (χ4n) is 2.23. The number of anilines is 1. The second kappa shape index (κ2) is 8.09. The van der Waals surface area contributed by atoms with Crippen LogP contribution in [0.2, 0.25) is 0 Å². The molecular formula is C17H14F2N4O3S2. The Balaban J connectivity index is 1.66. The van der Waals surface area contributed by atoms with Crippen molar-refractivity contribution in [2.75, 3.05) is 5.32 Å². The zero-order valence-electron chi connectivity index (χ0n) is 14.4. The monoisotopic (exact) mass is 424 g/mol. The molecule has 3 rings (SSSR count). The van der Waals surface area contributed by atoms with Crippen LogP contribution in [0.3, 0.4) is 0 Å². The Morgan fingerprint density at radius 1 is 1.07 bits per heavy atom. The van der Waals surface area contributed by atoms with Crippen LogP contribution in [0, 0.1) is 18.6 Å². The van der Waals surface area contributed by atoms with Gasteiger partial charge in [-0.05, 0) is 48.9 Å². The van der Waals surface area contributed by atoms with Crippen molar-refractivity contribution in [3.63, 3.8) is 0 Å². The highest BCUT2D eigenvalue weighted by molar-refractivity contribution is 7.89. The van der Waals surface area contributed by atoms with Crippen LogP contribution in [-0.4, -0.2) is 24.5 Å². The summed E-state index contributed by atoms with van der Waals surface area (Å²) in [6.07, 6.45) is 0. The third-order valence-corrected chi connectivity index (χ3v) is 6.08. The Bertz CT molecular complexity index is 1120. The Morgan fingerprint density at radius 3 is 2.46 bits per heavy atom. The third kappa shape index (κ3) is 4.74. The van der Waals surface area contributed by atoms with E-state index in [4.69, 9.17) is 0 Å². The van der Waals surface area contributed by atoms with E-state index >= 15 is 0 Å². The average Bonchev–Trinajstić information content (AvgIpc) is 3.13. The molecule has 1 amide bonds. The lowest BCUT2D eigenvalue weighted by Crippen LogP contribution is -2.24. The van der Waals surface area contributed by atoms with Gasteiger partial charge in [0.05, 0.1) is 11.4 Å². The van der Waals surface area contributed by atoms with Crippen molar-refractivity contribution in [3.05, 3.63) is 69.7 Å². The molecule has 3 aromatic rings. The molecule has 0 aliphatic rings. The number of aromatic nitrogens is 2. The van der Waals surface area contributed by atoms with E-state index in [1.165, 1.54) is 36.4 Å². The van der Waals surface area contributed by atoms with Gasteiger partial charge in [-0.15, -0.1) is 10.2 Å². The summed E-state index contributed by atoms with van der Waals surface area (Å²) in [5.41, 5.74) is 0.774. The van der Waals surface area contributed by atoms with Gasteiger partial charge in [0, 0.05) is 5.69 Å². The lowest BCUT2D eigenvalue weighted by molar-refractivity contribution is 0.102. The number of amides is 1. The molecule has 2 N–H and O–H groups in total. The summed E-state index contributed by atoms with van der Waals surface area (Å²) in [6.45, 7) is 1.34. The van der Waals surface area contributed by atoms with E-state index in [1.54, 1.807) is 6.92 Å². The molecule has 0 saturated carbocycles. The lowest BCUT2D eigenvalue weighted by atomic mass is 10.2. The van der Waals surface area contributed by atoms with Gasteiger partial charge >= 0.3 is 0 Å². The zero-order valence-corrected chi connectivity index (χ0v) is 16.1. The second-order valence-electron chi connectivity index (χ2n) is 5.70. The van der Waals surface area contributed by atoms with Gasteiger partial charge in [-0.25, -0.2) is 21.9 Å². The van der Waals surface area contributed by atoms with E-state index in [0.29, 0.717) is 11.3 Å². The minimum Gasteiger partial charge on any atom is -0.320 e. The number of hydrogen-bond acceptors (Lipinski definition) is 6. The normalized spacial score (nSPS) is 11.4. The maximum Gasteiger partial charge on any atom is 0.286 e. The largest absolute Gasteiger partial charge is 0.320 e. The predicted molar refractivity (Wildman–Crippen MR) is 99.4 cm³/mol. The van der Waals surface area contributed by atoms with Crippen molar-refractivity contribution in [1.82, 2.24) is 14.9 Å². The summed E-state index contributed by atoms with van der Waals surface area (Å²) >= 11 is 0.897. The van der Waals surface area contributed by atoms with E-state index < -0.39 is 27.6 Å². The summed E-state index contributed by atoms with van der Waals surface area (Å²) in [6, 6.07) is 8.65. The Morgan fingerprint density at radius 2 is 1.75 bits per heavy atom. The van der Waals surface area contributed by atoms with Crippen molar-refractivity contribution in [3.8, 4) is 0 Å². The van der Waals surface area contributed by atoms with Crippen LogP contribution in [-0.2, 0) is 16.6 Å². The molecule has 0 fully saturated rings. The molecule has 0 spiro atoms. The van der Waals surface area contributed by atoms with Gasteiger partial charge in [0.1, 0.15) is 16.6 Å². The molecule has 11 heteroatoms. The first-order valence-corrected chi connectivity index (χ1v) is 10.2. The number of sulfonamides is 1. The van der Waals surface area contributed by atoms with Crippen molar-refractivity contribution in [2.45, 2.75) is 18.4 Å². The molecule has 0 unspecified atom stereocenters. The molecule has 0 radical (unpaired) electrons. The first kappa shape index (κ1) is 20.0. The van der Waals surface area contributed by atoms with Crippen LogP contribution >= 0.6 is 11.3 Å². The minimum absolute atomic E-state index is 0.0143. The summed E-state index contributed by atoms with van der Waals surface area (Å²) in [5, 5.41) is 10.3. The third-order valence-electron chi connectivity index (χ3n) is 3.62. The van der Waals surface area contributed by atoms with Crippen LogP contribution in [0.1, 0.15) is 20.4 Å². The molecule has 1 aromatic heterocycles. The number of halogens is 2. The van der Waals surface area contributed by atoms with Gasteiger partial charge in [-0.1, -0.05) is 17.4 Å². The fourth-order valence-corrected chi connectivity index (χ4v) is 4.24. The topological polar surface area (TPSA) is 101 Å². The van der Waals surface area contributed by atoms with Crippen LogP contribution < -0.4 is 10.0 Å². The summed E-state index contributed by atoms with van der Waals surface area (Å²) < 4.78 is 53.3. The number of nitrogens with zero attached hydrogens (tertiary/aromatic N) is 2. The molecule has 2 aromatic carbocycles. The molecule has 0 aliphatic heterocycles. The molecule has 0 bridgehead atoms. The van der Waals surface area contributed by atoms with Gasteiger partial charge in [0.2, 0.25) is 15.0 Å². The maximum absolute atomic E-state index is 13.4. The number of carbonyl (C=O) groups is 1. The predicted octanol–water partition coefficient (Wildman–Crippen LogP) is 2.86. The summed E-state index contributed by atoms with van der Waals surface area (Å²) in [7, 11) is -3.96. The van der Waals surface area contributed by atoms with Gasteiger partial charge in [0.15, 0.2) is 0 Å². The quantitative estimate of drug-likeness (QED) is 0.634. The molecule has 0 aliphatic carbocycles. The first-order chi connectivity index (χ1) is 13.2. The molecule has 0 atom stereocenters. The standard InChI is InChI=1S/C17H14F2N4O3S2/c1-10-2-3-12(19)8-14(10)28(25,26)20-9-15-22-23-17(27-15)16(24)21-13-6-4-11(18)5-7-13/h2-8,20H,9H2,1H3,(H,21,24). The molecule has 146 valence electrons. The van der Waals surface area contributed by atoms with E-state index in [-0.39, 0.29) is 21.5 Å². The fraction of sp³-hybridized carbons (Fsp3) is 0.118. The number of nitrogens with one attached hydrogen (secondary N) is 2. The number of carbonyl (C=O) groups excluding carboxylic acids is 1. The van der Waals surface area contributed by atoms with Crippen molar-refractivity contribution in [2.24, 2.45) is 0 Å². The lowest BCUT2D eigenvalue weighted by Gasteiger charge is -2.08. The molecule has 1 heterocycles. The number of benzene rings is 2. The minimum atomic E-state index is -3.96. The molecular weight excluding hydrogens is 410 g/mol. The molecule has 28 heavy (non-hydrogen) atoms.